The minimum absolute atomic E-state index is 0.0776. The highest BCUT2D eigenvalue weighted by Crippen LogP contribution is 2.24. The summed E-state index contributed by atoms with van der Waals surface area (Å²) in [6, 6.07) is 5.06. The molecular weight excluding hydrogens is 276 g/mol. The zero-order chi connectivity index (χ0) is 14.8. The minimum Gasteiger partial charge on any atom is -0.325 e. The van der Waals surface area contributed by atoms with Crippen LogP contribution in [0.2, 0.25) is 0 Å². The van der Waals surface area contributed by atoms with Gasteiger partial charge in [0.1, 0.15) is 9.84 Å². The molecule has 2 rings (SSSR count). The molecule has 6 heteroatoms. The monoisotopic (exact) mass is 296 g/mol. The molecule has 0 spiro atoms. The van der Waals surface area contributed by atoms with Crippen molar-refractivity contribution in [3.8, 4) is 0 Å². The molecule has 1 amide bonds. The molecule has 1 aromatic carbocycles. The second kappa shape index (κ2) is 5.93. The number of aryl methyl sites for hydroxylation is 2. The van der Waals surface area contributed by atoms with E-state index in [0.717, 1.165) is 31.2 Å². The van der Waals surface area contributed by atoms with Crippen LogP contribution in [0, 0.1) is 0 Å². The van der Waals surface area contributed by atoms with Crippen LogP contribution in [0.15, 0.2) is 18.2 Å². The average Bonchev–Trinajstić information content (AvgIpc) is 2.82. The van der Waals surface area contributed by atoms with E-state index in [0.29, 0.717) is 0 Å². The molecule has 3 N–H and O–H groups in total. The largest absolute Gasteiger partial charge is 0.325 e. The van der Waals surface area contributed by atoms with Crippen LogP contribution in [-0.2, 0) is 27.5 Å². The fraction of sp³-hybridized carbons (Fsp3) is 0.500. The van der Waals surface area contributed by atoms with Gasteiger partial charge < -0.3 is 11.1 Å². The first-order chi connectivity index (χ1) is 9.35. The fourth-order valence-electron chi connectivity index (χ4n) is 2.36. The molecule has 1 atom stereocenters. The molecule has 0 fully saturated rings. The van der Waals surface area contributed by atoms with E-state index in [1.807, 2.05) is 18.2 Å². The molecule has 5 nitrogen and oxygen atoms in total. The molecule has 0 aliphatic heterocycles. The number of amides is 1. The minimum atomic E-state index is -3.09. The molecule has 0 bridgehead atoms. The molecule has 1 unspecified atom stereocenters. The Morgan fingerprint density at radius 3 is 2.75 bits per heavy atom. The van der Waals surface area contributed by atoms with Crippen LogP contribution < -0.4 is 11.1 Å². The van der Waals surface area contributed by atoms with Crippen molar-refractivity contribution in [2.24, 2.45) is 5.73 Å². The number of benzene rings is 1. The summed E-state index contributed by atoms with van der Waals surface area (Å²) in [5.74, 6) is -0.419. The normalized spacial score (nSPS) is 15.7. The highest BCUT2D eigenvalue weighted by molar-refractivity contribution is 7.90. The predicted octanol–water partition coefficient (Wildman–Crippen LogP) is 0.876. The number of carbonyl (C=O) groups is 1. The van der Waals surface area contributed by atoms with Crippen LogP contribution in [0.1, 0.15) is 24.0 Å². The quantitative estimate of drug-likeness (QED) is 0.844. The molecule has 0 radical (unpaired) electrons. The summed E-state index contributed by atoms with van der Waals surface area (Å²) in [6.45, 7) is 0. The standard InChI is InChI=1S/C14H20N2O3S/c1-20(18,19)8-7-13(15)14(17)16-12-6-5-10-3-2-4-11(10)9-12/h5-6,9,13H,2-4,7-8,15H2,1H3,(H,16,17). The second-order valence-electron chi connectivity index (χ2n) is 5.35. The number of rotatable bonds is 5. The van der Waals surface area contributed by atoms with E-state index in [4.69, 9.17) is 5.73 Å². The van der Waals surface area contributed by atoms with Gasteiger partial charge >= 0.3 is 0 Å². The molecule has 1 aromatic rings. The number of nitrogens with one attached hydrogen (secondary N) is 1. The van der Waals surface area contributed by atoms with Gasteiger partial charge in [-0.3, -0.25) is 4.79 Å². The van der Waals surface area contributed by atoms with Crippen molar-refractivity contribution in [2.45, 2.75) is 31.7 Å². The smallest absolute Gasteiger partial charge is 0.241 e. The first-order valence-electron chi connectivity index (χ1n) is 6.71. The number of carbonyl (C=O) groups excluding carboxylic acids is 1. The molecular formula is C14H20N2O3S. The van der Waals surface area contributed by atoms with Gasteiger partial charge in [-0.05, 0) is 48.9 Å². The summed E-state index contributed by atoms with van der Waals surface area (Å²) in [5.41, 5.74) is 9.04. The Labute approximate surface area is 119 Å². The third-order valence-electron chi connectivity index (χ3n) is 3.50. The van der Waals surface area contributed by atoms with Gasteiger partial charge in [0.05, 0.1) is 11.8 Å². The lowest BCUT2D eigenvalue weighted by atomic mass is 10.1. The van der Waals surface area contributed by atoms with Crippen LogP contribution >= 0.6 is 0 Å². The summed E-state index contributed by atoms with van der Waals surface area (Å²) in [5, 5.41) is 2.75. The summed E-state index contributed by atoms with van der Waals surface area (Å²) in [6.07, 6.45) is 4.56. The van der Waals surface area contributed by atoms with Gasteiger partial charge in [0.25, 0.3) is 0 Å². The molecule has 1 aliphatic rings. The fourth-order valence-corrected chi connectivity index (χ4v) is 3.04. The molecule has 0 heterocycles. The lowest BCUT2D eigenvalue weighted by Gasteiger charge is -2.12. The number of nitrogens with two attached hydrogens (primary N) is 1. The molecule has 0 saturated heterocycles. The van der Waals surface area contributed by atoms with Crippen molar-refractivity contribution < 1.29 is 13.2 Å². The topological polar surface area (TPSA) is 89.3 Å². The number of hydrogen-bond donors (Lipinski definition) is 2. The zero-order valence-corrected chi connectivity index (χ0v) is 12.4. The Bertz CT molecular complexity index is 611. The van der Waals surface area contributed by atoms with Gasteiger partial charge in [-0.25, -0.2) is 8.42 Å². The number of hydrogen-bond acceptors (Lipinski definition) is 4. The number of sulfone groups is 1. The van der Waals surface area contributed by atoms with Crippen molar-refractivity contribution in [3.63, 3.8) is 0 Å². The van der Waals surface area contributed by atoms with Gasteiger partial charge in [0.15, 0.2) is 0 Å². The maximum absolute atomic E-state index is 11.9. The van der Waals surface area contributed by atoms with Gasteiger partial charge in [-0.2, -0.15) is 0 Å². The summed E-state index contributed by atoms with van der Waals surface area (Å²) in [4.78, 5) is 11.9. The Hall–Kier alpha value is -1.40. The van der Waals surface area contributed by atoms with Crippen molar-refractivity contribution in [1.82, 2.24) is 0 Å². The lowest BCUT2D eigenvalue weighted by Crippen LogP contribution is -2.37. The lowest BCUT2D eigenvalue weighted by molar-refractivity contribution is -0.117. The second-order valence-corrected chi connectivity index (χ2v) is 7.61. The summed E-state index contributed by atoms with van der Waals surface area (Å²) >= 11 is 0. The van der Waals surface area contributed by atoms with E-state index >= 15 is 0 Å². The molecule has 0 saturated carbocycles. The highest BCUT2D eigenvalue weighted by atomic mass is 32.2. The summed E-state index contributed by atoms with van der Waals surface area (Å²) in [7, 11) is -3.09. The maximum atomic E-state index is 11.9. The molecule has 110 valence electrons. The van der Waals surface area contributed by atoms with E-state index in [-0.39, 0.29) is 18.1 Å². The van der Waals surface area contributed by atoms with Crippen LogP contribution in [0.3, 0.4) is 0 Å². The van der Waals surface area contributed by atoms with Gasteiger partial charge in [0.2, 0.25) is 5.91 Å². The Morgan fingerprint density at radius 2 is 2.05 bits per heavy atom. The highest BCUT2D eigenvalue weighted by Gasteiger charge is 2.17. The van der Waals surface area contributed by atoms with Crippen molar-refractivity contribution in [2.75, 3.05) is 17.3 Å². The van der Waals surface area contributed by atoms with Crippen molar-refractivity contribution in [3.05, 3.63) is 29.3 Å². The molecule has 20 heavy (non-hydrogen) atoms. The first-order valence-corrected chi connectivity index (χ1v) is 8.77. The third kappa shape index (κ3) is 4.05. The summed E-state index contributed by atoms with van der Waals surface area (Å²) < 4.78 is 22.1. The van der Waals surface area contributed by atoms with Crippen molar-refractivity contribution in [1.29, 1.82) is 0 Å². The van der Waals surface area contributed by atoms with E-state index in [1.165, 1.54) is 11.1 Å². The van der Waals surface area contributed by atoms with Gasteiger partial charge in [-0.1, -0.05) is 6.07 Å². The van der Waals surface area contributed by atoms with Crippen molar-refractivity contribution >= 4 is 21.4 Å². The predicted molar refractivity (Wildman–Crippen MR) is 79.4 cm³/mol. The number of anilines is 1. The first kappa shape index (κ1) is 15.0. The molecule has 0 aromatic heterocycles. The Morgan fingerprint density at radius 1 is 1.35 bits per heavy atom. The maximum Gasteiger partial charge on any atom is 0.241 e. The van der Waals surface area contributed by atoms with Crippen LogP contribution in [0.4, 0.5) is 5.69 Å². The average molecular weight is 296 g/mol. The van der Waals surface area contributed by atoms with Gasteiger partial charge in [-0.15, -0.1) is 0 Å². The Kier molecular flexibility index (Phi) is 4.45. The van der Waals surface area contributed by atoms with Crippen LogP contribution in [-0.4, -0.2) is 32.4 Å². The number of fused-ring (bicyclic) bond motifs is 1. The SMILES string of the molecule is CS(=O)(=O)CCC(N)C(=O)Nc1ccc2c(c1)CCC2. The van der Waals surface area contributed by atoms with E-state index in [2.05, 4.69) is 5.32 Å². The Balaban J connectivity index is 1.94. The zero-order valence-electron chi connectivity index (χ0n) is 11.6. The molecule has 1 aliphatic carbocycles. The van der Waals surface area contributed by atoms with E-state index < -0.39 is 15.9 Å². The van der Waals surface area contributed by atoms with Gasteiger partial charge in [0, 0.05) is 11.9 Å². The van der Waals surface area contributed by atoms with Crippen LogP contribution in [0.25, 0.3) is 0 Å². The van der Waals surface area contributed by atoms with Crippen LogP contribution in [0.5, 0.6) is 0 Å². The third-order valence-corrected chi connectivity index (χ3v) is 4.48. The van der Waals surface area contributed by atoms with E-state index in [9.17, 15) is 13.2 Å². The van der Waals surface area contributed by atoms with E-state index in [1.54, 1.807) is 0 Å².